The van der Waals surface area contributed by atoms with Crippen LogP contribution in [0.5, 0.6) is 0 Å². The van der Waals surface area contributed by atoms with Crippen LogP contribution in [0.25, 0.3) is 0 Å². The average molecular weight is 534 g/mol. The molecule has 2 saturated heterocycles. The Balaban J connectivity index is 0.00000300. The van der Waals surface area contributed by atoms with Crippen LogP contribution in [0, 0.1) is 0 Å². The lowest BCUT2D eigenvalue weighted by atomic mass is 10.2. The number of nitrogens with one attached hydrogen (secondary N) is 1. The van der Waals surface area contributed by atoms with E-state index in [1.165, 1.54) is 38.9 Å². The highest BCUT2D eigenvalue weighted by atomic mass is 127. The normalized spacial score (nSPS) is 18.1. The smallest absolute Gasteiger partial charge is 0.242 e. The standard InChI is InChI=1S/C21H32ClN5O.HI/c1-23-21(24-10-2-3-11-25-12-4-5-13-25)27-15-14-26(20(28)17-27)16-18-6-8-19(22)9-7-18;/h6-9H,2-5,10-17H2,1H3,(H,23,24);1H. The maximum Gasteiger partial charge on any atom is 0.242 e. The molecule has 0 unspecified atom stereocenters. The molecule has 0 spiro atoms. The molecule has 2 aliphatic heterocycles. The summed E-state index contributed by atoms with van der Waals surface area (Å²) >= 11 is 5.94. The van der Waals surface area contributed by atoms with Crippen LogP contribution in [0.3, 0.4) is 0 Å². The first-order valence-electron chi connectivity index (χ1n) is 10.4. The van der Waals surface area contributed by atoms with Gasteiger partial charge in [0.15, 0.2) is 5.96 Å². The van der Waals surface area contributed by atoms with Crippen molar-refractivity contribution in [1.82, 2.24) is 20.0 Å². The first-order valence-corrected chi connectivity index (χ1v) is 10.7. The Bertz CT molecular complexity index is 664. The number of benzene rings is 1. The number of carbonyl (C=O) groups is 1. The molecule has 1 aromatic rings. The molecule has 0 aliphatic carbocycles. The van der Waals surface area contributed by atoms with Gasteiger partial charge < -0.3 is 20.0 Å². The van der Waals surface area contributed by atoms with E-state index in [2.05, 4.69) is 20.1 Å². The van der Waals surface area contributed by atoms with Crippen LogP contribution in [-0.4, -0.2) is 79.4 Å². The number of piperazine rings is 1. The molecule has 1 amide bonds. The van der Waals surface area contributed by atoms with Crippen molar-refractivity contribution in [2.45, 2.75) is 32.2 Å². The number of rotatable bonds is 7. The van der Waals surface area contributed by atoms with Crippen LogP contribution in [0.15, 0.2) is 29.3 Å². The van der Waals surface area contributed by atoms with Crippen LogP contribution in [-0.2, 0) is 11.3 Å². The maximum absolute atomic E-state index is 12.6. The van der Waals surface area contributed by atoms with Gasteiger partial charge in [0.05, 0.1) is 6.54 Å². The topological polar surface area (TPSA) is 51.2 Å². The molecule has 3 rings (SSSR count). The molecule has 2 heterocycles. The predicted molar refractivity (Wildman–Crippen MR) is 130 cm³/mol. The van der Waals surface area contributed by atoms with Gasteiger partial charge in [0, 0.05) is 38.2 Å². The third-order valence-electron chi connectivity index (χ3n) is 5.50. The van der Waals surface area contributed by atoms with Crippen LogP contribution >= 0.6 is 35.6 Å². The lowest BCUT2D eigenvalue weighted by molar-refractivity contribution is -0.135. The molecule has 1 aromatic carbocycles. The molecule has 0 atom stereocenters. The summed E-state index contributed by atoms with van der Waals surface area (Å²) in [6.07, 6.45) is 5.03. The number of halogens is 2. The summed E-state index contributed by atoms with van der Waals surface area (Å²) in [5.74, 6) is 0.971. The fraction of sp³-hybridized carbons (Fsp3) is 0.619. The van der Waals surface area contributed by atoms with Gasteiger partial charge in [-0.25, -0.2) is 0 Å². The van der Waals surface area contributed by atoms with Crippen molar-refractivity contribution in [2.24, 2.45) is 4.99 Å². The van der Waals surface area contributed by atoms with Crippen LogP contribution in [0.4, 0.5) is 0 Å². The van der Waals surface area contributed by atoms with Crippen molar-refractivity contribution < 1.29 is 4.79 Å². The molecule has 1 N–H and O–H groups in total. The van der Waals surface area contributed by atoms with E-state index in [9.17, 15) is 4.79 Å². The third kappa shape index (κ3) is 7.61. The first-order chi connectivity index (χ1) is 13.7. The zero-order valence-electron chi connectivity index (χ0n) is 17.3. The second-order valence-corrected chi connectivity index (χ2v) is 8.03. The molecule has 2 fully saturated rings. The Morgan fingerprint density at radius 2 is 1.83 bits per heavy atom. The number of likely N-dealkylation sites (tertiary alicyclic amines) is 1. The summed E-state index contributed by atoms with van der Waals surface area (Å²) in [4.78, 5) is 23.5. The van der Waals surface area contributed by atoms with E-state index in [0.29, 0.717) is 19.6 Å². The van der Waals surface area contributed by atoms with Crippen molar-refractivity contribution in [3.8, 4) is 0 Å². The molecule has 0 aromatic heterocycles. The van der Waals surface area contributed by atoms with Crippen molar-refractivity contribution in [1.29, 1.82) is 0 Å². The molecular formula is C21H33ClIN5O. The summed E-state index contributed by atoms with van der Waals surface area (Å²) in [6, 6.07) is 7.69. The van der Waals surface area contributed by atoms with E-state index in [1.807, 2.05) is 29.2 Å². The summed E-state index contributed by atoms with van der Waals surface area (Å²) in [7, 11) is 1.79. The summed E-state index contributed by atoms with van der Waals surface area (Å²) < 4.78 is 0. The van der Waals surface area contributed by atoms with E-state index < -0.39 is 0 Å². The maximum atomic E-state index is 12.6. The van der Waals surface area contributed by atoms with Gasteiger partial charge in [0.2, 0.25) is 5.91 Å². The number of hydrogen-bond acceptors (Lipinski definition) is 3. The lowest BCUT2D eigenvalue weighted by Crippen LogP contribution is -2.55. The van der Waals surface area contributed by atoms with Gasteiger partial charge in [0.1, 0.15) is 0 Å². The highest BCUT2D eigenvalue weighted by Crippen LogP contribution is 2.14. The van der Waals surface area contributed by atoms with Gasteiger partial charge in [-0.05, 0) is 63.0 Å². The Morgan fingerprint density at radius 3 is 2.48 bits per heavy atom. The van der Waals surface area contributed by atoms with Gasteiger partial charge in [-0.3, -0.25) is 9.79 Å². The number of guanidine groups is 1. The Kier molecular flexibility index (Phi) is 10.5. The van der Waals surface area contributed by atoms with Gasteiger partial charge in [-0.1, -0.05) is 23.7 Å². The Hall–Kier alpha value is -1.06. The molecular weight excluding hydrogens is 501 g/mol. The van der Waals surface area contributed by atoms with Crippen LogP contribution in [0.2, 0.25) is 5.02 Å². The number of aliphatic imine (C=N–C) groups is 1. The molecule has 2 aliphatic rings. The van der Waals surface area contributed by atoms with E-state index >= 15 is 0 Å². The van der Waals surface area contributed by atoms with Crippen molar-refractivity contribution in [3.05, 3.63) is 34.9 Å². The van der Waals surface area contributed by atoms with Gasteiger partial charge >= 0.3 is 0 Å². The molecule has 162 valence electrons. The Morgan fingerprint density at radius 1 is 1.10 bits per heavy atom. The van der Waals surface area contributed by atoms with E-state index in [0.717, 1.165) is 36.1 Å². The SMILES string of the molecule is CN=C(NCCCCN1CCCC1)N1CCN(Cc2ccc(Cl)cc2)C(=O)C1.I. The van der Waals surface area contributed by atoms with E-state index in [1.54, 1.807) is 7.05 Å². The van der Waals surface area contributed by atoms with Crippen molar-refractivity contribution >= 4 is 47.4 Å². The zero-order chi connectivity index (χ0) is 19.8. The molecule has 0 saturated carbocycles. The minimum atomic E-state index is 0. The van der Waals surface area contributed by atoms with Gasteiger partial charge in [-0.2, -0.15) is 0 Å². The largest absolute Gasteiger partial charge is 0.356 e. The fourth-order valence-electron chi connectivity index (χ4n) is 3.87. The lowest BCUT2D eigenvalue weighted by Gasteiger charge is -2.36. The average Bonchev–Trinajstić information content (AvgIpc) is 3.21. The van der Waals surface area contributed by atoms with E-state index in [-0.39, 0.29) is 29.9 Å². The van der Waals surface area contributed by atoms with Crippen molar-refractivity contribution in [3.63, 3.8) is 0 Å². The minimum absolute atomic E-state index is 0. The van der Waals surface area contributed by atoms with Crippen LogP contribution in [0.1, 0.15) is 31.2 Å². The highest BCUT2D eigenvalue weighted by molar-refractivity contribution is 14.0. The summed E-state index contributed by atoms with van der Waals surface area (Å²) in [6.45, 7) is 7.13. The third-order valence-corrected chi connectivity index (χ3v) is 5.75. The van der Waals surface area contributed by atoms with Gasteiger partial charge in [-0.15, -0.1) is 24.0 Å². The van der Waals surface area contributed by atoms with Gasteiger partial charge in [0.25, 0.3) is 0 Å². The monoisotopic (exact) mass is 533 g/mol. The second kappa shape index (κ2) is 12.6. The molecule has 6 nitrogen and oxygen atoms in total. The van der Waals surface area contributed by atoms with Crippen LogP contribution < -0.4 is 5.32 Å². The Labute approximate surface area is 196 Å². The molecule has 8 heteroatoms. The summed E-state index contributed by atoms with van der Waals surface area (Å²) in [5, 5.41) is 4.15. The molecule has 0 radical (unpaired) electrons. The quantitative estimate of drug-likeness (QED) is 0.253. The first kappa shape index (κ1) is 24.2. The number of amides is 1. The number of unbranched alkanes of at least 4 members (excludes halogenated alkanes) is 1. The number of carbonyl (C=O) groups excluding carboxylic acids is 1. The number of nitrogens with zero attached hydrogens (tertiary/aromatic N) is 4. The highest BCUT2D eigenvalue weighted by Gasteiger charge is 2.25. The minimum Gasteiger partial charge on any atom is -0.356 e. The number of hydrogen-bond donors (Lipinski definition) is 1. The molecule has 29 heavy (non-hydrogen) atoms. The van der Waals surface area contributed by atoms with E-state index in [4.69, 9.17) is 11.6 Å². The molecule has 0 bridgehead atoms. The predicted octanol–water partition coefficient (Wildman–Crippen LogP) is 3.05. The zero-order valence-corrected chi connectivity index (χ0v) is 20.4. The second-order valence-electron chi connectivity index (χ2n) is 7.59. The summed E-state index contributed by atoms with van der Waals surface area (Å²) in [5.41, 5.74) is 1.10. The van der Waals surface area contributed by atoms with Crippen molar-refractivity contribution in [2.75, 3.05) is 52.9 Å². The fourth-order valence-corrected chi connectivity index (χ4v) is 3.99.